The number of aromatic amines is 1. The summed E-state index contributed by atoms with van der Waals surface area (Å²) in [5, 5.41) is 1.27. The molecule has 0 aliphatic heterocycles. The third-order valence-corrected chi connectivity index (χ3v) is 3.53. The third-order valence-electron chi connectivity index (χ3n) is 3.53. The lowest BCUT2D eigenvalue weighted by Crippen LogP contribution is -2.12. The van der Waals surface area contributed by atoms with Crippen LogP contribution in [0.15, 0.2) is 30.3 Å². The summed E-state index contributed by atoms with van der Waals surface area (Å²) >= 11 is 0. The molecule has 2 nitrogen and oxygen atoms in total. The molecule has 1 aliphatic rings. The molecule has 0 radical (unpaired) electrons. The summed E-state index contributed by atoms with van der Waals surface area (Å²) < 4.78 is 0. The van der Waals surface area contributed by atoms with Crippen molar-refractivity contribution in [3.05, 3.63) is 36.0 Å². The molecule has 1 saturated carbocycles. The fourth-order valence-electron chi connectivity index (χ4n) is 2.57. The van der Waals surface area contributed by atoms with Crippen molar-refractivity contribution in [2.45, 2.75) is 31.6 Å². The van der Waals surface area contributed by atoms with E-state index < -0.39 is 0 Å². The van der Waals surface area contributed by atoms with Gasteiger partial charge in [-0.1, -0.05) is 18.2 Å². The van der Waals surface area contributed by atoms with E-state index in [0.717, 1.165) is 25.7 Å². The third kappa shape index (κ3) is 1.64. The Labute approximate surface area is 94.7 Å². The lowest BCUT2D eigenvalue weighted by atomic mass is 9.86. The molecule has 1 heterocycles. The van der Waals surface area contributed by atoms with Gasteiger partial charge in [-0.05, 0) is 36.3 Å². The lowest BCUT2D eigenvalue weighted by molar-refractivity contribution is -0.120. The molecule has 1 aromatic carbocycles. The van der Waals surface area contributed by atoms with Crippen LogP contribution in [0.5, 0.6) is 0 Å². The van der Waals surface area contributed by atoms with E-state index in [-0.39, 0.29) is 0 Å². The van der Waals surface area contributed by atoms with Crippen molar-refractivity contribution in [1.29, 1.82) is 0 Å². The molecule has 3 rings (SSSR count). The van der Waals surface area contributed by atoms with Crippen molar-refractivity contribution in [3.63, 3.8) is 0 Å². The first-order chi connectivity index (χ1) is 7.83. The van der Waals surface area contributed by atoms with Gasteiger partial charge in [-0.15, -0.1) is 0 Å². The van der Waals surface area contributed by atoms with E-state index in [2.05, 4.69) is 29.2 Å². The Bertz CT molecular complexity index is 483. The number of nitrogens with one attached hydrogen (secondary N) is 1. The summed E-state index contributed by atoms with van der Waals surface area (Å²) in [6.45, 7) is 0. The van der Waals surface area contributed by atoms with Gasteiger partial charge in [-0.3, -0.25) is 4.79 Å². The second kappa shape index (κ2) is 3.78. The Hall–Kier alpha value is -1.57. The Morgan fingerprint density at radius 2 is 1.88 bits per heavy atom. The van der Waals surface area contributed by atoms with Gasteiger partial charge in [0.25, 0.3) is 0 Å². The number of hydrogen-bond donors (Lipinski definition) is 1. The van der Waals surface area contributed by atoms with Crippen LogP contribution in [0.25, 0.3) is 10.9 Å². The van der Waals surface area contributed by atoms with Crippen molar-refractivity contribution in [2.24, 2.45) is 0 Å². The highest BCUT2D eigenvalue weighted by molar-refractivity contribution is 5.81. The predicted octanol–water partition coefficient (Wildman–Crippen LogP) is 3.39. The maximum Gasteiger partial charge on any atom is 0.132 e. The zero-order valence-electron chi connectivity index (χ0n) is 9.20. The molecule has 0 bridgehead atoms. The molecule has 1 aliphatic carbocycles. The van der Waals surface area contributed by atoms with Crippen molar-refractivity contribution in [1.82, 2.24) is 4.98 Å². The van der Waals surface area contributed by atoms with E-state index in [1.54, 1.807) is 0 Å². The molecular weight excluding hydrogens is 198 g/mol. The van der Waals surface area contributed by atoms with Crippen LogP contribution >= 0.6 is 0 Å². The molecule has 2 heteroatoms. The second-order valence-electron chi connectivity index (χ2n) is 4.62. The minimum atomic E-state index is 0.423. The quantitative estimate of drug-likeness (QED) is 0.773. The smallest absolute Gasteiger partial charge is 0.132 e. The highest BCUT2D eigenvalue weighted by Crippen LogP contribution is 2.32. The SMILES string of the molecule is O=C1CCC(c2cc3ccccc3[nH]2)CC1. The number of Topliss-reactive ketones (excluding diaryl/α,β-unsaturated/α-hetero) is 1. The number of aromatic nitrogens is 1. The molecule has 1 N–H and O–H groups in total. The summed E-state index contributed by atoms with van der Waals surface area (Å²) in [4.78, 5) is 14.7. The standard InChI is InChI=1S/C14H15NO/c16-12-7-5-10(6-8-12)14-9-11-3-1-2-4-13(11)15-14/h1-4,9-10,15H,5-8H2. The highest BCUT2D eigenvalue weighted by Gasteiger charge is 2.21. The number of rotatable bonds is 1. The van der Waals surface area contributed by atoms with Crippen molar-refractivity contribution in [2.75, 3.05) is 0 Å². The molecule has 0 spiro atoms. The number of carbonyl (C=O) groups excluding carboxylic acids is 1. The summed E-state index contributed by atoms with van der Waals surface area (Å²) in [7, 11) is 0. The molecule has 0 atom stereocenters. The van der Waals surface area contributed by atoms with Crippen LogP contribution in [-0.2, 0) is 4.79 Å². The van der Waals surface area contributed by atoms with E-state index in [1.807, 2.05) is 6.07 Å². The zero-order valence-corrected chi connectivity index (χ0v) is 9.20. The van der Waals surface area contributed by atoms with E-state index in [1.165, 1.54) is 16.6 Å². The zero-order chi connectivity index (χ0) is 11.0. The average Bonchev–Trinajstić information content (AvgIpc) is 2.73. The molecular formula is C14H15NO. The Morgan fingerprint density at radius 1 is 1.12 bits per heavy atom. The fourth-order valence-corrected chi connectivity index (χ4v) is 2.57. The van der Waals surface area contributed by atoms with Crippen molar-refractivity contribution in [3.8, 4) is 0 Å². The van der Waals surface area contributed by atoms with Gasteiger partial charge in [0.15, 0.2) is 0 Å². The number of ketones is 1. The van der Waals surface area contributed by atoms with Crippen LogP contribution in [0.2, 0.25) is 0 Å². The number of para-hydroxylation sites is 1. The van der Waals surface area contributed by atoms with Gasteiger partial charge in [-0.2, -0.15) is 0 Å². The van der Waals surface area contributed by atoms with E-state index in [0.29, 0.717) is 11.7 Å². The number of hydrogen-bond acceptors (Lipinski definition) is 1. The Kier molecular flexibility index (Phi) is 2.28. The lowest BCUT2D eigenvalue weighted by Gasteiger charge is -2.19. The van der Waals surface area contributed by atoms with E-state index >= 15 is 0 Å². The molecule has 0 amide bonds. The summed E-state index contributed by atoms with van der Waals surface area (Å²) in [6.07, 6.45) is 3.51. The molecule has 0 saturated heterocycles. The number of fused-ring (bicyclic) bond motifs is 1. The van der Waals surface area contributed by atoms with Gasteiger partial charge < -0.3 is 4.98 Å². The first-order valence-electron chi connectivity index (χ1n) is 5.92. The normalized spacial score (nSPS) is 18.1. The van der Waals surface area contributed by atoms with Crippen LogP contribution in [-0.4, -0.2) is 10.8 Å². The first-order valence-corrected chi connectivity index (χ1v) is 5.92. The summed E-state index contributed by atoms with van der Waals surface area (Å²) in [5.41, 5.74) is 2.50. The average molecular weight is 213 g/mol. The second-order valence-corrected chi connectivity index (χ2v) is 4.62. The van der Waals surface area contributed by atoms with Crippen LogP contribution < -0.4 is 0 Å². The largest absolute Gasteiger partial charge is 0.358 e. The minimum Gasteiger partial charge on any atom is -0.358 e. The Morgan fingerprint density at radius 3 is 2.62 bits per heavy atom. The van der Waals surface area contributed by atoms with Crippen LogP contribution in [0.3, 0.4) is 0 Å². The van der Waals surface area contributed by atoms with Crippen LogP contribution in [0.4, 0.5) is 0 Å². The number of carbonyl (C=O) groups is 1. The van der Waals surface area contributed by atoms with Crippen LogP contribution in [0, 0.1) is 0 Å². The van der Waals surface area contributed by atoms with Gasteiger partial charge >= 0.3 is 0 Å². The van der Waals surface area contributed by atoms with Gasteiger partial charge in [0.1, 0.15) is 5.78 Å². The van der Waals surface area contributed by atoms with Gasteiger partial charge in [-0.25, -0.2) is 0 Å². The van der Waals surface area contributed by atoms with Gasteiger partial charge in [0, 0.05) is 24.1 Å². The minimum absolute atomic E-state index is 0.423. The Balaban J connectivity index is 1.91. The maximum atomic E-state index is 11.2. The summed E-state index contributed by atoms with van der Waals surface area (Å²) in [5.74, 6) is 0.970. The molecule has 1 aromatic heterocycles. The number of H-pyrrole nitrogens is 1. The summed E-state index contributed by atoms with van der Waals surface area (Å²) in [6, 6.07) is 10.6. The highest BCUT2D eigenvalue weighted by atomic mass is 16.1. The first kappa shape index (κ1) is 9.64. The maximum absolute atomic E-state index is 11.2. The molecule has 82 valence electrons. The van der Waals surface area contributed by atoms with Gasteiger partial charge in [0.05, 0.1) is 0 Å². The van der Waals surface area contributed by atoms with E-state index in [9.17, 15) is 4.79 Å². The fraction of sp³-hybridized carbons (Fsp3) is 0.357. The van der Waals surface area contributed by atoms with Crippen molar-refractivity contribution < 1.29 is 4.79 Å². The molecule has 16 heavy (non-hydrogen) atoms. The van der Waals surface area contributed by atoms with Crippen molar-refractivity contribution >= 4 is 16.7 Å². The topological polar surface area (TPSA) is 32.9 Å². The van der Waals surface area contributed by atoms with E-state index in [4.69, 9.17) is 0 Å². The monoisotopic (exact) mass is 213 g/mol. The molecule has 2 aromatic rings. The molecule has 0 unspecified atom stereocenters. The predicted molar refractivity (Wildman–Crippen MR) is 64.5 cm³/mol. The van der Waals surface area contributed by atoms with Crippen LogP contribution in [0.1, 0.15) is 37.3 Å². The molecule has 1 fully saturated rings. The van der Waals surface area contributed by atoms with Gasteiger partial charge in [0.2, 0.25) is 0 Å². The number of benzene rings is 1.